The van der Waals surface area contributed by atoms with E-state index in [4.69, 9.17) is 0 Å². The van der Waals surface area contributed by atoms with Crippen molar-refractivity contribution < 1.29 is 19.2 Å². The van der Waals surface area contributed by atoms with Crippen LogP contribution in [0.25, 0.3) is 0 Å². The fourth-order valence-electron chi connectivity index (χ4n) is 3.68. The van der Waals surface area contributed by atoms with Crippen LogP contribution in [0.4, 0.5) is 4.79 Å². The lowest BCUT2D eigenvalue weighted by atomic mass is 9.82. The summed E-state index contributed by atoms with van der Waals surface area (Å²) in [7, 11) is 1.76. The molecule has 0 radical (unpaired) electrons. The second kappa shape index (κ2) is 9.16. The molecule has 2 rings (SSSR count). The Bertz CT molecular complexity index is 584. The van der Waals surface area contributed by atoms with Crippen LogP contribution in [-0.2, 0) is 14.4 Å². The summed E-state index contributed by atoms with van der Waals surface area (Å²) in [5.41, 5.74) is 1.56. The molecule has 27 heavy (non-hydrogen) atoms. The van der Waals surface area contributed by atoms with Crippen molar-refractivity contribution in [3.05, 3.63) is 0 Å². The molecule has 0 atom stereocenters. The fraction of sp³-hybridized carbons (Fsp3) is 0.778. The molecule has 1 saturated heterocycles. The molecule has 9 heteroatoms. The number of amides is 5. The molecule has 0 aromatic carbocycles. The standard InChI is InChI=1S/C18H31N5O4/c1-4-22(5-2)15(25)13-21(3)12-9-14(24)20-23-16(26)18(19-17(23)27)10-7-6-8-11-18/h4-13H2,1-3H3,(H,19,27)(H,20,24). The molecule has 0 aromatic rings. The Balaban J connectivity index is 1.81. The minimum Gasteiger partial charge on any atom is -0.342 e. The van der Waals surface area contributed by atoms with Crippen LogP contribution >= 0.6 is 0 Å². The molecule has 1 heterocycles. The van der Waals surface area contributed by atoms with Gasteiger partial charge < -0.3 is 10.2 Å². The zero-order valence-corrected chi connectivity index (χ0v) is 16.5. The van der Waals surface area contributed by atoms with Crippen molar-refractivity contribution in [1.82, 2.24) is 25.6 Å². The normalized spacial score (nSPS) is 18.7. The molecule has 1 aliphatic carbocycles. The van der Waals surface area contributed by atoms with E-state index in [1.165, 1.54) is 0 Å². The van der Waals surface area contributed by atoms with Gasteiger partial charge in [0.2, 0.25) is 11.8 Å². The summed E-state index contributed by atoms with van der Waals surface area (Å²) in [4.78, 5) is 52.5. The van der Waals surface area contributed by atoms with E-state index in [1.54, 1.807) is 16.8 Å². The van der Waals surface area contributed by atoms with Gasteiger partial charge in [-0.25, -0.2) is 4.79 Å². The van der Waals surface area contributed by atoms with Crippen molar-refractivity contribution in [3.8, 4) is 0 Å². The van der Waals surface area contributed by atoms with E-state index in [0.29, 0.717) is 32.5 Å². The van der Waals surface area contributed by atoms with E-state index >= 15 is 0 Å². The van der Waals surface area contributed by atoms with Gasteiger partial charge in [-0.1, -0.05) is 19.3 Å². The van der Waals surface area contributed by atoms with Crippen LogP contribution in [0.1, 0.15) is 52.4 Å². The van der Waals surface area contributed by atoms with E-state index in [1.807, 2.05) is 13.8 Å². The molecule has 5 amide bonds. The first-order valence-electron chi connectivity index (χ1n) is 9.75. The molecular formula is C18H31N5O4. The van der Waals surface area contributed by atoms with Gasteiger partial charge in [0, 0.05) is 26.1 Å². The highest BCUT2D eigenvalue weighted by atomic mass is 16.2. The zero-order chi connectivity index (χ0) is 20.0. The Labute approximate surface area is 160 Å². The Morgan fingerprint density at radius 3 is 2.37 bits per heavy atom. The molecule has 1 aliphatic heterocycles. The lowest BCUT2D eigenvalue weighted by molar-refractivity contribution is -0.140. The molecule has 0 unspecified atom stereocenters. The third kappa shape index (κ3) is 4.97. The van der Waals surface area contributed by atoms with Crippen LogP contribution in [0.15, 0.2) is 0 Å². The molecule has 1 spiro atoms. The Morgan fingerprint density at radius 1 is 1.15 bits per heavy atom. The summed E-state index contributed by atoms with van der Waals surface area (Å²) in [6, 6.07) is -0.569. The number of carbonyl (C=O) groups is 4. The largest absolute Gasteiger partial charge is 0.344 e. The van der Waals surface area contributed by atoms with Crippen molar-refractivity contribution in [2.75, 3.05) is 33.2 Å². The number of rotatable bonds is 8. The summed E-state index contributed by atoms with van der Waals surface area (Å²) in [5.74, 6) is -0.782. The molecule has 0 aromatic heterocycles. The molecule has 1 saturated carbocycles. The van der Waals surface area contributed by atoms with Crippen molar-refractivity contribution >= 4 is 23.8 Å². The van der Waals surface area contributed by atoms with Crippen LogP contribution in [0.2, 0.25) is 0 Å². The number of likely N-dealkylation sites (N-methyl/N-ethyl adjacent to an activating group) is 2. The van der Waals surface area contributed by atoms with E-state index in [9.17, 15) is 19.2 Å². The molecule has 9 nitrogen and oxygen atoms in total. The predicted octanol–water partition coefficient (Wildman–Crippen LogP) is 0.463. The van der Waals surface area contributed by atoms with E-state index in [2.05, 4.69) is 10.7 Å². The number of hydrazine groups is 1. The average molecular weight is 381 g/mol. The fourth-order valence-corrected chi connectivity index (χ4v) is 3.68. The summed E-state index contributed by atoms with van der Waals surface area (Å²) in [6.45, 7) is 5.72. The van der Waals surface area contributed by atoms with Gasteiger partial charge in [0.1, 0.15) is 5.54 Å². The van der Waals surface area contributed by atoms with Gasteiger partial charge >= 0.3 is 6.03 Å². The highest BCUT2D eigenvalue weighted by Gasteiger charge is 2.52. The van der Waals surface area contributed by atoms with Crippen molar-refractivity contribution in [3.63, 3.8) is 0 Å². The van der Waals surface area contributed by atoms with E-state index < -0.39 is 17.5 Å². The summed E-state index contributed by atoms with van der Waals surface area (Å²) in [5, 5.41) is 3.57. The molecule has 2 N–H and O–H groups in total. The summed E-state index contributed by atoms with van der Waals surface area (Å²) < 4.78 is 0. The Hall–Kier alpha value is -2.16. The topological polar surface area (TPSA) is 102 Å². The molecule has 152 valence electrons. The summed E-state index contributed by atoms with van der Waals surface area (Å²) in [6.07, 6.45) is 4.14. The maximum Gasteiger partial charge on any atom is 0.344 e. The second-order valence-corrected chi connectivity index (χ2v) is 7.30. The van der Waals surface area contributed by atoms with Crippen LogP contribution < -0.4 is 10.7 Å². The van der Waals surface area contributed by atoms with Crippen molar-refractivity contribution in [2.24, 2.45) is 0 Å². The number of imide groups is 1. The van der Waals surface area contributed by atoms with Crippen LogP contribution in [0, 0.1) is 0 Å². The van der Waals surface area contributed by atoms with Gasteiger partial charge in [-0.05, 0) is 33.7 Å². The van der Waals surface area contributed by atoms with Gasteiger partial charge in [-0.2, -0.15) is 5.01 Å². The lowest BCUT2D eigenvalue weighted by Gasteiger charge is -2.30. The number of carbonyl (C=O) groups excluding carboxylic acids is 4. The van der Waals surface area contributed by atoms with Gasteiger partial charge in [0.15, 0.2) is 0 Å². The summed E-state index contributed by atoms with van der Waals surface area (Å²) >= 11 is 0. The number of hydrogen-bond donors (Lipinski definition) is 2. The minimum atomic E-state index is -0.852. The monoisotopic (exact) mass is 381 g/mol. The maximum atomic E-state index is 12.6. The Kier molecular flexibility index (Phi) is 7.18. The molecule has 0 bridgehead atoms. The number of nitrogens with zero attached hydrogens (tertiary/aromatic N) is 3. The highest BCUT2D eigenvalue weighted by Crippen LogP contribution is 2.32. The first kappa shape index (κ1) is 21.1. The van der Waals surface area contributed by atoms with Gasteiger partial charge in [-0.3, -0.25) is 24.7 Å². The van der Waals surface area contributed by atoms with Gasteiger partial charge in [0.05, 0.1) is 6.54 Å². The van der Waals surface area contributed by atoms with Crippen LogP contribution in [0.3, 0.4) is 0 Å². The van der Waals surface area contributed by atoms with Crippen LogP contribution in [-0.4, -0.2) is 77.3 Å². The van der Waals surface area contributed by atoms with Gasteiger partial charge in [-0.15, -0.1) is 0 Å². The first-order valence-corrected chi connectivity index (χ1v) is 9.75. The highest BCUT2D eigenvalue weighted by molar-refractivity contribution is 6.08. The average Bonchev–Trinajstić information content (AvgIpc) is 2.85. The third-order valence-corrected chi connectivity index (χ3v) is 5.35. The zero-order valence-electron chi connectivity index (χ0n) is 16.5. The van der Waals surface area contributed by atoms with Crippen molar-refractivity contribution in [1.29, 1.82) is 0 Å². The minimum absolute atomic E-state index is 0.0104. The van der Waals surface area contributed by atoms with Gasteiger partial charge in [0.25, 0.3) is 5.91 Å². The molecular weight excluding hydrogens is 350 g/mol. The third-order valence-electron chi connectivity index (χ3n) is 5.35. The SMILES string of the molecule is CCN(CC)C(=O)CN(C)CCC(=O)NN1C(=O)NC2(CCCCC2)C1=O. The smallest absolute Gasteiger partial charge is 0.342 e. The number of urea groups is 1. The van der Waals surface area contributed by atoms with Crippen LogP contribution in [0.5, 0.6) is 0 Å². The predicted molar refractivity (Wildman–Crippen MR) is 99.4 cm³/mol. The molecule has 2 fully saturated rings. The first-order chi connectivity index (χ1) is 12.8. The second-order valence-electron chi connectivity index (χ2n) is 7.30. The number of nitrogens with one attached hydrogen (secondary N) is 2. The maximum absolute atomic E-state index is 12.6. The molecule has 2 aliphatic rings. The van der Waals surface area contributed by atoms with E-state index in [-0.39, 0.29) is 24.8 Å². The quantitative estimate of drug-likeness (QED) is 0.595. The van der Waals surface area contributed by atoms with E-state index in [0.717, 1.165) is 24.3 Å². The Morgan fingerprint density at radius 2 is 1.78 bits per heavy atom. The van der Waals surface area contributed by atoms with Crippen molar-refractivity contribution in [2.45, 2.75) is 57.9 Å². The number of hydrogen-bond acceptors (Lipinski definition) is 5. The lowest BCUT2D eigenvalue weighted by Crippen LogP contribution is -2.51.